The maximum atomic E-state index is 11.9. The zero-order valence-electron chi connectivity index (χ0n) is 8.91. The summed E-state index contributed by atoms with van der Waals surface area (Å²) in [6.07, 6.45) is 3.82. The highest BCUT2D eigenvalue weighted by molar-refractivity contribution is 5.79. The number of carbonyl (C=O) groups is 1. The first-order valence-electron chi connectivity index (χ1n) is 5.02. The third kappa shape index (κ3) is 2.39. The monoisotopic (exact) mass is 230 g/mol. The van der Waals surface area contributed by atoms with Crippen molar-refractivity contribution in [2.75, 3.05) is 0 Å². The summed E-state index contributed by atoms with van der Waals surface area (Å²) in [5.74, 6) is -1.04. The minimum atomic E-state index is -1.04. The normalized spacial score (nSPS) is 11.1. The summed E-state index contributed by atoms with van der Waals surface area (Å²) >= 11 is 0. The van der Waals surface area contributed by atoms with Crippen LogP contribution in [0, 0.1) is 0 Å². The number of para-hydroxylation sites is 1. The molecule has 86 valence electrons. The highest BCUT2D eigenvalue weighted by atomic mass is 16.4. The van der Waals surface area contributed by atoms with Crippen LogP contribution >= 0.6 is 0 Å². The molecule has 0 radical (unpaired) electrons. The number of aromatic nitrogens is 2. The van der Waals surface area contributed by atoms with Gasteiger partial charge in [0.25, 0.3) is 5.56 Å². The molecule has 1 N–H and O–H groups in total. The molecule has 1 aromatic heterocycles. The lowest BCUT2D eigenvalue weighted by Gasteiger charge is -2.02. The number of carboxylic acid groups (broad SMARTS) is 1. The summed E-state index contributed by atoms with van der Waals surface area (Å²) in [7, 11) is 0. The molecule has 5 heteroatoms. The Bertz CT molecular complexity index is 643. The van der Waals surface area contributed by atoms with Crippen LogP contribution in [-0.2, 0) is 11.3 Å². The van der Waals surface area contributed by atoms with Crippen LogP contribution in [0.15, 0.2) is 47.5 Å². The number of allylic oxidation sites excluding steroid dienone is 1. The first kappa shape index (κ1) is 11.1. The van der Waals surface area contributed by atoms with Gasteiger partial charge in [-0.1, -0.05) is 18.2 Å². The van der Waals surface area contributed by atoms with E-state index in [2.05, 4.69) is 4.98 Å². The van der Waals surface area contributed by atoms with E-state index in [1.807, 2.05) is 6.07 Å². The molecule has 0 spiro atoms. The SMILES string of the molecule is O=C(O)C=CCn1cnc2ccccc2c1=O. The molecule has 0 amide bonds. The average Bonchev–Trinajstić information content (AvgIpc) is 2.32. The Hall–Kier alpha value is -2.43. The van der Waals surface area contributed by atoms with Gasteiger partial charge in [-0.3, -0.25) is 9.36 Å². The maximum absolute atomic E-state index is 11.9. The van der Waals surface area contributed by atoms with Crippen molar-refractivity contribution in [1.82, 2.24) is 9.55 Å². The molecule has 1 aromatic carbocycles. The van der Waals surface area contributed by atoms with Crippen molar-refractivity contribution in [3.63, 3.8) is 0 Å². The third-order valence-corrected chi connectivity index (χ3v) is 2.29. The van der Waals surface area contributed by atoms with Crippen LogP contribution in [0.25, 0.3) is 10.9 Å². The zero-order valence-corrected chi connectivity index (χ0v) is 8.91. The number of nitrogens with zero attached hydrogens (tertiary/aromatic N) is 2. The number of aliphatic carboxylic acids is 1. The smallest absolute Gasteiger partial charge is 0.328 e. The second-order valence-electron chi connectivity index (χ2n) is 3.46. The largest absolute Gasteiger partial charge is 0.478 e. The maximum Gasteiger partial charge on any atom is 0.328 e. The summed E-state index contributed by atoms with van der Waals surface area (Å²) in [5.41, 5.74) is 0.460. The summed E-state index contributed by atoms with van der Waals surface area (Å²) < 4.78 is 1.36. The number of hydrogen-bond donors (Lipinski definition) is 1. The number of benzene rings is 1. The molecule has 0 saturated heterocycles. The van der Waals surface area contributed by atoms with Crippen molar-refractivity contribution in [3.8, 4) is 0 Å². The minimum absolute atomic E-state index is 0.175. The Morgan fingerprint density at radius 2 is 2.18 bits per heavy atom. The number of fused-ring (bicyclic) bond motifs is 1. The molecule has 0 aliphatic carbocycles. The van der Waals surface area contributed by atoms with Crippen molar-refractivity contribution in [3.05, 3.63) is 53.1 Å². The van der Waals surface area contributed by atoms with Crippen molar-refractivity contribution in [1.29, 1.82) is 0 Å². The van der Waals surface area contributed by atoms with E-state index in [9.17, 15) is 9.59 Å². The molecule has 2 rings (SSSR count). The van der Waals surface area contributed by atoms with Gasteiger partial charge in [0, 0.05) is 12.6 Å². The zero-order chi connectivity index (χ0) is 12.3. The minimum Gasteiger partial charge on any atom is -0.478 e. The van der Waals surface area contributed by atoms with Crippen molar-refractivity contribution in [2.45, 2.75) is 6.54 Å². The van der Waals surface area contributed by atoms with Crippen molar-refractivity contribution >= 4 is 16.9 Å². The first-order valence-corrected chi connectivity index (χ1v) is 5.02. The average molecular weight is 230 g/mol. The number of rotatable bonds is 3. The second kappa shape index (κ2) is 4.61. The van der Waals surface area contributed by atoms with Gasteiger partial charge in [-0.2, -0.15) is 0 Å². The number of hydrogen-bond acceptors (Lipinski definition) is 3. The molecular weight excluding hydrogens is 220 g/mol. The molecule has 2 aromatic rings. The van der Waals surface area contributed by atoms with E-state index in [4.69, 9.17) is 5.11 Å². The highest BCUT2D eigenvalue weighted by Crippen LogP contribution is 2.04. The molecule has 5 nitrogen and oxygen atoms in total. The topological polar surface area (TPSA) is 72.2 Å². The summed E-state index contributed by atoms with van der Waals surface area (Å²) in [5, 5.41) is 8.97. The highest BCUT2D eigenvalue weighted by Gasteiger charge is 2.01. The van der Waals surface area contributed by atoms with Gasteiger partial charge >= 0.3 is 5.97 Å². The molecule has 0 unspecified atom stereocenters. The lowest BCUT2D eigenvalue weighted by atomic mass is 10.2. The fourth-order valence-electron chi connectivity index (χ4n) is 1.50. The van der Waals surface area contributed by atoms with E-state index in [-0.39, 0.29) is 12.1 Å². The quantitative estimate of drug-likeness (QED) is 0.799. The predicted molar refractivity (Wildman–Crippen MR) is 62.8 cm³/mol. The second-order valence-corrected chi connectivity index (χ2v) is 3.46. The van der Waals surface area contributed by atoms with Crippen molar-refractivity contribution < 1.29 is 9.90 Å². The molecule has 1 heterocycles. The van der Waals surface area contributed by atoms with E-state index in [0.29, 0.717) is 10.9 Å². The van der Waals surface area contributed by atoms with Crippen LogP contribution in [0.2, 0.25) is 0 Å². The Morgan fingerprint density at radius 3 is 2.94 bits per heavy atom. The molecule has 0 atom stereocenters. The van der Waals surface area contributed by atoms with Crippen molar-refractivity contribution in [2.24, 2.45) is 0 Å². The van der Waals surface area contributed by atoms with Crippen LogP contribution in [0.4, 0.5) is 0 Å². The van der Waals surface area contributed by atoms with Gasteiger partial charge in [0.2, 0.25) is 0 Å². The summed E-state index contributed by atoms with van der Waals surface area (Å²) in [6, 6.07) is 7.03. The third-order valence-electron chi connectivity index (χ3n) is 2.29. The molecule has 0 saturated carbocycles. The fraction of sp³-hybridized carbons (Fsp3) is 0.0833. The van der Waals surface area contributed by atoms with Gasteiger partial charge in [0.15, 0.2) is 0 Å². The Morgan fingerprint density at radius 1 is 1.41 bits per heavy atom. The van der Waals surface area contributed by atoms with Gasteiger partial charge in [0.05, 0.1) is 17.2 Å². The Balaban J connectivity index is 2.40. The lowest BCUT2D eigenvalue weighted by Crippen LogP contribution is -2.19. The van der Waals surface area contributed by atoms with E-state index in [1.54, 1.807) is 18.2 Å². The van der Waals surface area contributed by atoms with Gasteiger partial charge < -0.3 is 5.11 Å². The van der Waals surface area contributed by atoms with Crippen LogP contribution in [0.1, 0.15) is 0 Å². The van der Waals surface area contributed by atoms with Gasteiger partial charge in [-0.15, -0.1) is 0 Å². The molecule has 0 aliphatic heterocycles. The van der Waals surface area contributed by atoms with E-state index in [1.165, 1.54) is 17.0 Å². The Kier molecular flexibility index (Phi) is 3.00. The standard InChI is InChI=1S/C12H10N2O3/c15-11(16)6-3-7-14-8-13-10-5-2-1-4-9(10)12(14)17/h1-6,8H,7H2,(H,15,16). The first-order chi connectivity index (χ1) is 8.18. The fourth-order valence-corrected chi connectivity index (χ4v) is 1.50. The van der Waals surface area contributed by atoms with Gasteiger partial charge in [-0.25, -0.2) is 9.78 Å². The van der Waals surface area contributed by atoms with Gasteiger partial charge in [-0.05, 0) is 12.1 Å². The summed E-state index contributed by atoms with van der Waals surface area (Å²) in [6.45, 7) is 0.197. The van der Waals surface area contributed by atoms with Crippen LogP contribution < -0.4 is 5.56 Å². The van der Waals surface area contributed by atoms with Gasteiger partial charge in [0.1, 0.15) is 0 Å². The molecular formula is C12H10N2O3. The Labute approximate surface area is 96.6 Å². The van der Waals surface area contributed by atoms with Crippen LogP contribution in [0.5, 0.6) is 0 Å². The van der Waals surface area contributed by atoms with E-state index in [0.717, 1.165) is 6.08 Å². The molecule has 0 bridgehead atoms. The van der Waals surface area contributed by atoms with Crippen LogP contribution in [0.3, 0.4) is 0 Å². The summed E-state index contributed by atoms with van der Waals surface area (Å²) in [4.78, 5) is 26.4. The van der Waals surface area contributed by atoms with Crippen LogP contribution in [-0.4, -0.2) is 20.6 Å². The van der Waals surface area contributed by atoms with E-state index >= 15 is 0 Å². The molecule has 0 aliphatic rings. The molecule has 17 heavy (non-hydrogen) atoms. The number of carboxylic acids is 1. The lowest BCUT2D eigenvalue weighted by molar-refractivity contribution is -0.131. The van der Waals surface area contributed by atoms with E-state index < -0.39 is 5.97 Å². The predicted octanol–water partition coefficient (Wildman–Crippen LogP) is 1.04. The molecule has 0 fully saturated rings.